The first kappa shape index (κ1) is 23.8. The highest BCUT2D eigenvalue weighted by Gasteiger charge is 2.33. The van der Waals surface area contributed by atoms with E-state index in [1.807, 2.05) is 18.4 Å². The summed E-state index contributed by atoms with van der Waals surface area (Å²) in [6, 6.07) is 16.8. The molecule has 0 radical (unpaired) electrons. The van der Waals surface area contributed by atoms with Crippen LogP contribution in [0.3, 0.4) is 0 Å². The Hall–Kier alpha value is -2.84. The van der Waals surface area contributed by atoms with Gasteiger partial charge in [0.25, 0.3) is 11.8 Å². The molecule has 1 aliphatic heterocycles. The van der Waals surface area contributed by atoms with Crippen molar-refractivity contribution in [2.45, 2.75) is 18.6 Å². The highest BCUT2D eigenvalue weighted by molar-refractivity contribution is 7.98. The van der Waals surface area contributed by atoms with Crippen LogP contribution in [0.15, 0.2) is 60.7 Å². The van der Waals surface area contributed by atoms with Crippen molar-refractivity contribution >= 4 is 29.5 Å². The van der Waals surface area contributed by atoms with E-state index in [0.717, 1.165) is 0 Å². The van der Waals surface area contributed by atoms with E-state index in [-0.39, 0.29) is 11.8 Å². The Morgan fingerprint density at radius 3 is 2.28 bits per heavy atom. The number of rotatable bonds is 9. The molecule has 1 fully saturated rings. The van der Waals surface area contributed by atoms with Crippen molar-refractivity contribution in [2.75, 3.05) is 38.3 Å². The molecule has 1 heterocycles. The number of nitrogens with one attached hydrogen (secondary N) is 1. The number of carbonyl (C=O) groups excluding carboxylic acids is 3. The second kappa shape index (κ2) is 12.3. The summed E-state index contributed by atoms with van der Waals surface area (Å²) in [5, 5.41) is 2.77. The molecule has 0 spiro atoms. The van der Waals surface area contributed by atoms with Gasteiger partial charge in [0.1, 0.15) is 6.04 Å². The normalized spacial score (nSPS) is 15.5. The average molecular weight is 457 g/mol. The van der Waals surface area contributed by atoms with Gasteiger partial charge in [-0.2, -0.15) is 11.8 Å². The number of esters is 1. The van der Waals surface area contributed by atoms with Crippen molar-refractivity contribution in [2.24, 2.45) is 0 Å². The summed E-state index contributed by atoms with van der Waals surface area (Å²) in [5.41, 5.74) is 1.05. The third-order valence-corrected chi connectivity index (χ3v) is 5.76. The minimum atomic E-state index is -1.08. The summed E-state index contributed by atoms with van der Waals surface area (Å²) in [7, 11) is 0. The van der Waals surface area contributed by atoms with Crippen molar-refractivity contribution < 1.29 is 23.9 Å². The molecule has 8 heteroatoms. The number of ether oxygens (including phenoxy) is 2. The predicted octanol–water partition coefficient (Wildman–Crippen LogP) is 2.68. The highest BCUT2D eigenvalue weighted by Crippen LogP contribution is 2.22. The van der Waals surface area contributed by atoms with E-state index < -0.39 is 18.1 Å². The number of morpholine rings is 1. The van der Waals surface area contributed by atoms with Gasteiger partial charge in [-0.05, 0) is 30.6 Å². The van der Waals surface area contributed by atoms with Gasteiger partial charge in [0, 0.05) is 24.2 Å². The topological polar surface area (TPSA) is 84.9 Å². The summed E-state index contributed by atoms with van der Waals surface area (Å²) in [6.07, 6.45) is 1.24. The molecule has 2 amide bonds. The maximum absolute atomic E-state index is 13.2. The van der Waals surface area contributed by atoms with Gasteiger partial charge in [0.15, 0.2) is 0 Å². The molecule has 2 aromatic carbocycles. The molecule has 1 N–H and O–H groups in total. The number of hydrogen-bond donors (Lipinski definition) is 1. The fourth-order valence-corrected chi connectivity index (χ4v) is 3.82. The van der Waals surface area contributed by atoms with E-state index in [0.29, 0.717) is 49.6 Å². The molecule has 1 aliphatic rings. The van der Waals surface area contributed by atoms with Gasteiger partial charge in [-0.15, -0.1) is 0 Å². The van der Waals surface area contributed by atoms with E-state index in [1.54, 1.807) is 65.2 Å². The van der Waals surface area contributed by atoms with Gasteiger partial charge >= 0.3 is 5.97 Å². The molecule has 3 rings (SSSR count). The van der Waals surface area contributed by atoms with Crippen LogP contribution < -0.4 is 5.32 Å². The third-order valence-electron chi connectivity index (χ3n) is 5.12. The van der Waals surface area contributed by atoms with Gasteiger partial charge < -0.3 is 19.7 Å². The summed E-state index contributed by atoms with van der Waals surface area (Å²) in [4.78, 5) is 40.7. The van der Waals surface area contributed by atoms with Crippen molar-refractivity contribution in [1.29, 1.82) is 0 Å². The lowest BCUT2D eigenvalue weighted by molar-refractivity contribution is -0.164. The highest BCUT2D eigenvalue weighted by atomic mass is 32.2. The SMILES string of the molecule is CSCCC(NC(=O)c1ccccc1)C(=O)OC(C(=O)N1CCOCC1)c1ccccc1. The minimum absolute atomic E-state index is 0.286. The van der Waals surface area contributed by atoms with Crippen LogP contribution >= 0.6 is 11.8 Å². The third kappa shape index (κ3) is 6.58. The molecule has 0 bridgehead atoms. The Kier molecular flexibility index (Phi) is 9.13. The van der Waals surface area contributed by atoms with E-state index in [2.05, 4.69) is 5.32 Å². The maximum atomic E-state index is 13.2. The number of nitrogens with zero attached hydrogens (tertiary/aromatic N) is 1. The molecule has 7 nitrogen and oxygen atoms in total. The fourth-order valence-electron chi connectivity index (χ4n) is 3.35. The number of hydrogen-bond acceptors (Lipinski definition) is 6. The van der Waals surface area contributed by atoms with Crippen LogP contribution in [0.1, 0.15) is 28.4 Å². The zero-order chi connectivity index (χ0) is 22.8. The van der Waals surface area contributed by atoms with Gasteiger partial charge in [0.2, 0.25) is 6.10 Å². The Labute approximate surface area is 192 Å². The molecule has 0 aliphatic carbocycles. The Bertz CT molecular complexity index is 888. The van der Waals surface area contributed by atoms with E-state index in [1.165, 1.54) is 0 Å². The smallest absolute Gasteiger partial charge is 0.329 e. The molecule has 0 saturated carbocycles. The van der Waals surface area contributed by atoms with Crippen molar-refractivity contribution in [3.63, 3.8) is 0 Å². The number of amides is 2. The lowest BCUT2D eigenvalue weighted by atomic mass is 10.1. The van der Waals surface area contributed by atoms with Crippen LogP contribution in [0.25, 0.3) is 0 Å². The molecule has 2 unspecified atom stereocenters. The standard InChI is InChI=1S/C24H28N2O5S/c1-32-17-12-20(25-22(27)19-10-6-3-7-11-19)24(29)31-21(18-8-4-2-5-9-18)23(28)26-13-15-30-16-14-26/h2-11,20-21H,12-17H2,1H3,(H,25,27). The van der Waals surface area contributed by atoms with E-state index >= 15 is 0 Å². The quantitative estimate of drug-likeness (QED) is 0.584. The number of carbonyl (C=O) groups is 3. The minimum Gasteiger partial charge on any atom is -0.446 e. The molecular weight excluding hydrogens is 428 g/mol. The average Bonchev–Trinajstić information content (AvgIpc) is 2.86. The van der Waals surface area contributed by atoms with Crippen LogP contribution in [0.4, 0.5) is 0 Å². The van der Waals surface area contributed by atoms with Crippen molar-refractivity contribution in [1.82, 2.24) is 10.2 Å². The van der Waals surface area contributed by atoms with Crippen LogP contribution in [-0.2, 0) is 19.1 Å². The largest absolute Gasteiger partial charge is 0.446 e. The Morgan fingerprint density at radius 1 is 1.03 bits per heavy atom. The monoisotopic (exact) mass is 456 g/mol. The second-order valence-electron chi connectivity index (χ2n) is 7.34. The van der Waals surface area contributed by atoms with Crippen molar-refractivity contribution in [3.8, 4) is 0 Å². The molecule has 1 saturated heterocycles. The summed E-state index contributed by atoms with van der Waals surface area (Å²) >= 11 is 1.57. The molecule has 0 aromatic heterocycles. The molecule has 170 valence electrons. The summed E-state index contributed by atoms with van der Waals surface area (Å²) < 4.78 is 11.1. The van der Waals surface area contributed by atoms with E-state index in [4.69, 9.17) is 9.47 Å². The van der Waals surface area contributed by atoms with Crippen LogP contribution in [0, 0.1) is 0 Å². The van der Waals surface area contributed by atoms with Gasteiger partial charge in [0.05, 0.1) is 13.2 Å². The number of thioether (sulfide) groups is 1. The molecular formula is C24H28N2O5S. The van der Waals surface area contributed by atoms with Gasteiger partial charge in [-0.25, -0.2) is 4.79 Å². The second-order valence-corrected chi connectivity index (χ2v) is 8.32. The first-order valence-corrected chi connectivity index (χ1v) is 12.0. The van der Waals surface area contributed by atoms with Crippen molar-refractivity contribution in [3.05, 3.63) is 71.8 Å². The fraction of sp³-hybridized carbons (Fsp3) is 0.375. The van der Waals surface area contributed by atoms with Crippen LogP contribution in [0.5, 0.6) is 0 Å². The summed E-state index contributed by atoms with van der Waals surface area (Å²) in [6.45, 7) is 1.79. The van der Waals surface area contributed by atoms with E-state index in [9.17, 15) is 14.4 Å². The summed E-state index contributed by atoms with van der Waals surface area (Å²) in [5.74, 6) is -0.614. The zero-order valence-electron chi connectivity index (χ0n) is 18.1. The maximum Gasteiger partial charge on any atom is 0.329 e. The first-order chi connectivity index (χ1) is 15.6. The molecule has 2 atom stereocenters. The first-order valence-electron chi connectivity index (χ1n) is 10.6. The lowest BCUT2D eigenvalue weighted by Gasteiger charge is -2.31. The van der Waals surface area contributed by atoms with Crippen LogP contribution in [-0.4, -0.2) is 67.0 Å². The predicted molar refractivity (Wildman–Crippen MR) is 123 cm³/mol. The Balaban J connectivity index is 1.77. The lowest BCUT2D eigenvalue weighted by Crippen LogP contribution is -2.46. The van der Waals surface area contributed by atoms with Gasteiger partial charge in [-0.1, -0.05) is 48.5 Å². The zero-order valence-corrected chi connectivity index (χ0v) is 18.9. The molecule has 32 heavy (non-hydrogen) atoms. The van der Waals surface area contributed by atoms with Gasteiger partial charge in [-0.3, -0.25) is 9.59 Å². The number of benzene rings is 2. The van der Waals surface area contributed by atoms with Crippen LogP contribution in [0.2, 0.25) is 0 Å². The Morgan fingerprint density at radius 2 is 1.66 bits per heavy atom. The molecule has 2 aromatic rings.